The van der Waals surface area contributed by atoms with Crippen LogP contribution in [0.25, 0.3) is 0 Å². The summed E-state index contributed by atoms with van der Waals surface area (Å²) < 4.78 is 0. The Morgan fingerprint density at radius 3 is 2.35 bits per heavy atom. The number of nitrogens with two attached hydrogens (primary N) is 1. The summed E-state index contributed by atoms with van der Waals surface area (Å²) in [5, 5.41) is 0. The summed E-state index contributed by atoms with van der Waals surface area (Å²) >= 11 is 0. The Labute approximate surface area is 109 Å². The second-order valence-corrected chi connectivity index (χ2v) is 4.18. The van der Waals surface area contributed by atoms with Gasteiger partial charge in [-0.15, -0.1) is 12.4 Å². The number of nitrogens with zero attached hydrogens (tertiary/aromatic N) is 1. The number of likely N-dealkylation sites (N-methyl/N-ethyl adjacent to an activating group) is 1. The van der Waals surface area contributed by atoms with Gasteiger partial charge in [0.1, 0.15) is 0 Å². The van der Waals surface area contributed by atoms with Crippen molar-refractivity contribution in [1.82, 2.24) is 4.90 Å². The number of hydrogen-bond acceptors (Lipinski definition) is 2. The fourth-order valence-electron chi connectivity index (χ4n) is 1.45. The first-order chi connectivity index (χ1) is 7.54. The van der Waals surface area contributed by atoms with E-state index in [4.69, 9.17) is 5.73 Å². The van der Waals surface area contributed by atoms with Crippen LogP contribution in [0.3, 0.4) is 0 Å². The molecule has 0 bridgehead atoms. The zero-order valence-electron chi connectivity index (χ0n) is 10.6. The molecule has 96 valence electrons. The quantitative estimate of drug-likeness (QED) is 0.842. The van der Waals surface area contributed by atoms with Gasteiger partial charge < -0.3 is 10.6 Å². The van der Waals surface area contributed by atoms with Crippen molar-refractivity contribution in [3.8, 4) is 0 Å². The molecule has 0 spiro atoms. The van der Waals surface area contributed by atoms with Crippen LogP contribution in [0.2, 0.25) is 0 Å². The van der Waals surface area contributed by atoms with Crippen molar-refractivity contribution in [2.24, 2.45) is 0 Å². The summed E-state index contributed by atoms with van der Waals surface area (Å²) in [5.74, 6) is 0.152. The SMILES string of the molecule is CCC(C)N(C)C(=O)Cc1ccc(N)cc1.Cl. The lowest BCUT2D eigenvalue weighted by Crippen LogP contribution is -2.35. The minimum Gasteiger partial charge on any atom is -0.399 e. The molecule has 0 heterocycles. The maximum Gasteiger partial charge on any atom is 0.226 e. The number of benzene rings is 1. The average molecular weight is 257 g/mol. The van der Waals surface area contributed by atoms with E-state index in [-0.39, 0.29) is 18.3 Å². The highest BCUT2D eigenvalue weighted by atomic mass is 35.5. The van der Waals surface area contributed by atoms with E-state index in [2.05, 4.69) is 13.8 Å². The monoisotopic (exact) mass is 256 g/mol. The third kappa shape index (κ3) is 4.65. The van der Waals surface area contributed by atoms with E-state index in [0.717, 1.165) is 17.7 Å². The van der Waals surface area contributed by atoms with Crippen molar-refractivity contribution in [1.29, 1.82) is 0 Å². The maximum atomic E-state index is 11.9. The molecular weight excluding hydrogens is 236 g/mol. The minimum atomic E-state index is 0. The molecule has 0 fully saturated rings. The molecule has 3 nitrogen and oxygen atoms in total. The molecule has 2 N–H and O–H groups in total. The van der Waals surface area contributed by atoms with Crippen LogP contribution in [0.4, 0.5) is 5.69 Å². The first-order valence-corrected chi connectivity index (χ1v) is 5.64. The second-order valence-electron chi connectivity index (χ2n) is 4.18. The molecule has 0 saturated carbocycles. The predicted molar refractivity (Wildman–Crippen MR) is 74.3 cm³/mol. The lowest BCUT2D eigenvalue weighted by molar-refractivity contribution is -0.130. The van der Waals surface area contributed by atoms with Crippen molar-refractivity contribution in [2.45, 2.75) is 32.7 Å². The van der Waals surface area contributed by atoms with Gasteiger partial charge in [0.2, 0.25) is 5.91 Å². The van der Waals surface area contributed by atoms with E-state index >= 15 is 0 Å². The van der Waals surface area contributed by atoms with Gasteiger partial charge in [0.05, 0.1) is 6.42 Å². The van der Waals surface area contributed by atoms with Crippen LogP contribution in [0.15, 0.2) is 24.3 Å². The van der Waals surface area contributed by atoms with Gasteiger partial charge in [-0.1, -0.05) is 19.1 Å². The smallest absolute Gasteiger partial charge is 0.226 e. The van der Waals surface area contributed by atoms with Crippen LogP contribution in [-0.4, -0.2) is 23.9 Å². The van der Waals surface area contributed by atoms with Crippen molar-refractivity contribution >= 4 is 24.0 Å². The summed E-state index contributed by atoms with van der Waals surface area (Å²) in [5.41, 5.74) is 7.33. The van der Waals surface area contributed by atoms with Gasteiger partial charge in [-0.2, -0.15) is 0 Å². The number of halogens is 1. The van der Waals surface area contributed by atoms with E-state index < -0.39 is 0 Å². The number of nitrogen functional groups attached to an aromatic ring is 1. The van der Waals surface area contributed by atoms with Gasteiger partial charge in [-0.05, 0) is 31.0 Å². The van der Waals surface area contributed by atoms with Gasteiger partial charge >= 0.3 is 0 Å². The highest BCUT2D eigenvalue weighted by Gasteiger charge is 2.14. The molecule has 1 unspecified atom stereocenters. The van der Waals surface area contributed by atoms with Crippen LogP contribution in [-0.2, 0) is 11.2 Å². The van der Waals surface area contributed by atoms with Crippen LogP contribution >= 0.6 is 12.4 Å². The first kappa shape index (κ1) is 15.8. The zero-order valence-corrected chi connectivity index (χ0v) is 11.5. The fourth-order valence-corrected chi connectivity index (χ4v) is 1.45. The molecule has 1 aromatic rings. The first-order valence-electron chi connectivity index (χ1n) is 5.64. The summed E-state index contributed by atoms with van der Waals surface area (Å²) in [6.07, 6.45) is 1.42. The molecule has 0 aliphatic heterocycles. The predicted octanol–water partition coefficient (Wildman–Crippen LogP) is 2.49. The van der Waals surface area contributed by atoms with E-state index in [1.165, 1.54) is 0 Å². The summed E-state index contributed by atoms with van der Waals surface area (Å²) in [4.78, 5) is 13.7. The third-order valence-corrected chi connectivity index (χ3v) is 2.98. The molecular formula is C13H21ClN2O. The van der Waals surface area contributed by atoms with Gasteiger partial charge in [-0.3, -0.25) is 4.79 Å². The summed E-state index contributed by atoms with van der Waals surface area (Å²) in [6, 6.07) is 7.74. The lowest BCUT2D eigenvalue weighted by atomic mass is 10.1. The normalized spacial score (nSPS) is 11.5. The van der Waals surface area contributed by atoms with E-state index in [1.807, 2.05) is 31.3 Å². The molecule has 0 aliphatic carbocycles. The average Bonchev–Trinajstić information content (AvgIpc) is 2.30. The Bertz CT molecular complexity index is 351. The Hall–Kier alpha value is -1.22. The third-order valence-electron chi connectivity index (χ3n) is 2.98. The Morgan fingerprint density at radius 2 is 1.88 bits per heavy atom. The number of amides is 1. The number of hydrogen-bond donors (Lipinski definition) is 1. The standard InChI is InChI=1S/C13H20N2O.ClH/c1-4-10(2)15(3)13(16)9-11-5-7-12(14)8-6-11;/h5-8,10H,4,9,14H2,1-3H3;1H. The molecule has 0 radical (unpaired) electrons. The van der Waals surface area contributed by atoms with Crippen molar-refractivity contribution in [2.75, 3.05) is 12.8 Å². The number of rotatable bonds is 4. The number of anilines is 1. The largest absolute Gasteiger partial charge is 0.399 e. The molecule has 4 heteroatoms. The van der Waals surface area contributed by atoms with E-state index in [1.54, 1.807) is 4.90 Å². The van der Waals surface area contributed by atoms with Crippen molar-refractivity contribution in [3.63, 3.8) is 0 Å². The molecule has 1 atom stereocenters. The fraction of sp³-hybridized carbons (Fsp3) is 0.462. The molecule has 0 aliphatic rings. The van der Waals surface area contributed by atoms with Crippen molar-refractivity contribution in [3.05, 3.63) is 29.8 Å². The van der Waals surface area contributed by atoms with E-state index in [0.29, 0.717) is 12.5 Å². The minimum absolute atomic E-state index is 0. The van der Waals surface area contributed by atoms with E-state index in [9.17, 15) is 4.79 Å². The van der Waals surface area contributed by atoms with Gasteiger partial charge in [0.25, 0.3) is 0 Å². The molecule has 0 aromatic heterocycles. The Kier molecular flexibility index (Phi) is 6.66. The molecule has 1 rings (SSSR count). The van der Waals surface area contributed by atoms with Crippen LogP contribution in [0.5, 0.6) is 0 Å². The summed E-state index contributed by atoms with van der Waals surface area (Å²) in [6.45, 7) is 4.14. The van der Waals surface area contributed by atoms with Gasteiger partial charge in [0, 0.05) is 18.8 Å². The van der Waals surface area contributed by atoms with Gasteiger partial charge in [-0.25, -0.2) is 0 Å². The van der Waals surface area contributed by atoms with Crippen molar-refractivity contribution < 1.29 is 4.79 Å². The summed E-state index contributed by atoms with van der Waals surface area (Å²) in [7, 11) is 1.85. The van der Waals surface area contributed by atoms with Crippen LogP contribution in [0, 0.1) is 0 Å². The second kappa shape index (κ2) is 7.17. The van der Waals surface area contributed by atoms with Crippen LogP contribution in [0.1, 0.15) is 25.8 Å². The Morgan fingerprint density at radius 1 is 1.35 bits per heavy atom. The number of carbonyl (C=O) groups excluding carboxylic acids is 1. The van der Waals surface area contributed by atoms with Gasteiger partial charge in [0.15, 0.2) is 0 Å². The van der Waals surface area contributed by atoms with Crippen LogP contribution < -0.4 is 5.73 Å². The molecule has 17 heavy (non-hydrogen) atoms. The number of carbonyl (C=O) groups is 1. The topological polar surface area (TPSA) is 46.3 Å². The maximum absolute atomic E-state index is 11.9. The molecule has 1 amide bonds. The zero-order chi connectivity index (χ0) is 12.1. The highest BCUT2D eigenvalue weighted by molar-refractivity contribution is 5.85. The highest BCUT2D eigenvalue weighted by Crippen LogP contribution is 2.09. The Balaban J connectivity index is 0.00000256. The lowest BCUT2D eigenvalue weighted by Gasteiger charge is -2.23. The molecule has 0 saturated heterocycles. The molecule has 1 aromatic carbocycles.